The monoisotopic (exact) mass is 540 g/mol. The number of hydrogen-bond acceptors (Lipinski definition) is 7. The number of anilines is 1. The number of urea groups is 1. The van der Waals surface area contributed by atoms with Crippen LogP contribution in [0.3, 0.4) is 0 Å². The van der Waals surface area contributed by atoms with Crippen LogP contribution < -0.4 is 10.6 Å². The van der Waals surface area contributed by atoms with Crippen molar-refractivity contribution < 1.29 is 27.4 Å². The van der Waals surface area contributed by atoms with Crippen LogP contribution in [-0.4, -0.2) is 77.9 Å². The Balaban J connectivity index is 1.36. The number of carbonyl (C=O) groups is 1. The Kier molecular flexibility index (Phi) is 7.44. The number of halogens is 4. The molecule has 1 aromatic heterocycles. The molecule has 2 fully saturated rings. The standard InChI is InChI=1S/C24H28ClF3N6O3/c1-14(15-3-2-4-17(20(15)26)24(27,28)19-13-37-8-5-29-19)30-21-16-11-34(12-18(16)31-22(25)32-21)23(35)33-6-9-36-10-7-33/h2-4,14,19,29H,5-13H2,1H3,(H,30,31,32)/t14-,19?/m1/s1. The Labute approximate surface area is 217 Å². The lowest BCUT2D eigenvalue weighted by Gasteiger charge is -2.32. The van der Waals surface area contributed by atoms with E-state index in [-0.39, 0.29) is 43.1 Å². The summed E-state index contributed by atoms with van der Waals surface area (Å²) in [6.45, 7) is 4.50. The largest absolute Gasteiger partial charge is 0.378 e. The van der Waals surface area contributed by atoms with E-state index in [2.05, 4.69) is 20.6 Å². The van der Waals surface area contributed by atoms with Gasteiger partial charge in [-0.1, -0.05) is 12.1 Å². The first-order valence-electron chi connectivity index (χ1n) is 12.2. The first-order valence-corrected chi connectivity index (χ1v) is 12.5. The zero-order chi connectivity index (χ0) is 26.2. The van der Waals surface area contributed by atoms with Crippen molar-refractivity contribution >= 4 is 23.4 Å². The molecule has 2 saturated heterocycles. The Hall–Kier alpha value is -2.67. The normalized spacial score (nSPS) is 21.1. The van der Waals surface area contributed by atoms with E-state index in [1.165, 1.54) is 12.1 Å². The zero-order valence-electron chi connectivity index (χ0n) is 20.3. The van der Waals surface area contributed by atoms with Gasteiger partial charge in [-0.05, 0) is 24.6 Å². The lowest BCUT2D eigenvalue weighted by Crippen LogP contribution is -2.51. The van der Waals surface area contributed by atoms with Gasteiger partial charge in [-0.2, -0.15) is 8.78 Å². The van der Waals surface area contributed by atoms with E-state index < -0.39 is 29.4 Å². The summed E-state index contributed by atoms with van der Waals surface area (Å²) in [4.78, 5) is 24.9. The van der Waals surface area contributed by atoms with Gasteiger partial charge in [0.1, 0.15) is 11.6 Å². The second-order valence-corrected chi connectivity index (χ2v) is 9.62. The van der Waals surface area contributed by atoms with Crippen LogP contribution in [-0.2, 0) is 28.5 Å². The highest BCUT2D eigenvalue weighted by atomic mass is 35.5. The SMILES string of the molecule is C[C@@H](Nc1nc(Cl)nc2c1CN(C(=O)N1CCOCC1)C2)c1cccc(C(F)(F)C2COCCN2)c1F. The highest BCUT2D eigenvalue weighted by molar-refractivity contribution is 6.28. The summed E-state index contributed by atoms with van der Waals surface area (Å²) < 4.78 is 56.3. The van der Waals surface area contributed by atoms with Crippen molar-refractivity contribution in [3.63, 3.8) is 0 Å². The lowest BCUT2D eigenvalue weighted by atomic mass is 9.95. The molecule has 2 amide bonds. The molecule has 0 spiro atoms. The van der Waals surface area contributed by atoms with Crippen molar-refractivity contribution in [3.8, 4) is 0 Å². The topological polar surface area (TPSA) is 91.9 Å². The van der Waals surface area contributed by atoms with E-state index >= 15 is 13.2 Å². The first-order chi connectivity index (χ1) is 17.8. The van der Waals surface area contributed by atoms with Crippen LogP contribution in [0.5, 0.6) is 0 Å². The number of carbonyl (C=O) groups excluding carboxylic acids is 1. The number of ether oxygens (including phenoxy) is 2. The Morgan fingerprint density at radius 1 is 1.19 bits per heavy atom. The van der Waals surface area contributed by atoms with E-state index in [0.717, 1.165) is 6.07 Å². The number of aromatic nitrogens is 2. The fourth-order valence-electron chi connectivity index (χ4n) is 4.84. The minimum Gasteiger partial charge on any atom is -0.378 e. The van der Waals surface area contributed by atoms with Crippen LogP contribution in [0.4, 0.5) is 23.8 Å². The number of nitrogens with zero attached hydrogens (tertiary/aromatic N) is 4. The number of alkyl halides is 2. The summed E-state index contributed by atoms with van der Waals surface area (Å²) in [5.41, 5.74) is 0.593. The van der Waals surface area contributed by atoms with E-state index in [9.17, 15) is 4.79 Å². The third-order valence-electron chi connectivity index (χ3n) is 6.87. The quantitative estimate of drug-likeness (QED) is 0.562. The van der Waals surface area contributed by atoms with Gasteiger partial charge in [-0.15, -0.1) is 0 Å². The highest BCUT2D eigenvalue weighted by Gasteiger charge is 2.45. The molecular weight excluding hydrogens is 513 g/mol. The van der Waals surface area contributed by atoms with Gasteiger partial charge in [0, 0.05) is 30.8 Å². The van der Waals surface area contributed by atoms with Gasteiger partial charge < -0.3 is 29.9 Å². The number of hydrogen-bond donors (Lipinski definition) is 2. The minimum atomic E-state index is -3.47. The van der Waals surface area contributed by atoms with Gasteiger partial charge in [0.05, 0.1) is 62.9 Å². The molecule has 3 aliphatic rings. The number of fused-ring (bicyclic) bond motifs is 1. The average Bonchev–Trinajstić information content (AvgIpc) is 3.33. The fraction of sp³-hybridized carbons (Fsp3) is 0.542. The van der Waals surface area contributed by atoms with Crippen LogP contribution in [0, 0.1) is 5.82 Å². The number of benzene rings is 1. The van der Waals surface area contributed by atoms with Gasteiger partial charge in [-0.25, -0.2) is 19.2 Å². The maximum atomic E-state index is 15.5. The van der Waals surface area contributed by atoms with Crippen molar-refractivity contribution in [2.45, 2.75) is 38.0 Å². The Morgan fingerprint density at radius 2 is 1.97 bits per heavy atom. The molecule has 2 N–H and O–H groups in total. The minimum absolute atomic E-state index is 0.0294. The summed E-state index contributed by atoms with van der Waals surface area (Å²) in [5.74, 6) is -4.14. The molecule has 4 heterocycles. The zero-order valence-corrected chi connectivity index (χ0v) is 21.0. The summed E-state index contributed by atoms with van der Waals surface area (Å²) >= 11 is 6.15. The van der Waals surface area contributed by atoms with Gasteiger partial charge in [0.2, 0.25) is 5.28 Å². The molecule has 9 nitrogen and oxygen atoms in total. The molecule has 5 rings (SSSR count). The lowest BCUT2D eigenvalue weighted by molar-refractivity contribution is -0.0882. The molecule has 37 heavy (non-hydrogen) atoms. The van der Waals surface area contributed by atoms with E-state index in [4.69, 9.17) is 21.1 Å². The van der Waals surface area contributed by atoms with Crippen molar-refractivity contribution in [1.82, 2.24) is 25.1 Å². The van der Waals surface area contributed by atoms with Crippen LogP contribution >= 0.6 is 11.6 Å². The number of amides is 2. The van der Waals surface area contributed by atoms with Crippen molar-refractivity contribution in [3.05, 3.63) is 51.7 Å². The number of nitrogens with one attached hydrogen (secondary N) is 2. The molecule has 2 aromatic rings. The average molecular weight is 541 g/mol. The third kappa shape index (κ3) is 5.20. The van der Waals surface area contributed by atoms with Gasteiger partial charge in [0.15, 0.2) is 0 Å². The van der Waals surface area contributed by atoms with Crippen LogP contribution in [0.25, 0.3) is 0 Å². The fourth-order valence-corrected chi connectivity index (χ4v) is 5.03. The maximum absolute atomic E-state index is 15.5. The summed E-state index contributed by atoms with van der Waals surface area (Å²) in [6, 6.07) is 1.75. The summed E-state index contributed by atoms with van der Waals surface area (Å²) in [6.07, 6.45) is 0. The molecule has 13 heteroatoms. The van der Waals surface area contributed by atoms with Gasteiger partial charge in [-0.3, -0.25) is 0 Å². The van der Waals surface area contributed by atoms with E-state index in [1.54, 1.807) is 16.7 Å². The molecular formula is C24H28ClF3N6O3. The van der Waals surface area contributed by atoms with E-state index in [0.29, 0.717) is 50.0 Å². The molecule has 0 radical (unpaired) electrons. The van der Waals surface area contributed by atoms with Crippen molar-refractivity contribution in [1.29, 1.82) is 0 Å². The summed E-state index contributed by atoms with van der Waals surface area (Å²) in [5, 5.41) is 5.79. The molecule has 0 bridgehead atoms. The molecule has 2 atom stereocenters. The van der Waals surface area contributed by atoms with Crippen LogP contribution in [0.1, 0.15) is 35.3 Å². The van der Waals surface area contributed by atoms with E-state index in [1.807, 2.05) is 0 Å². The predicted octanol–water partition coefficient (Wildman–Crippen LogP) is 3.29. The second kappa shape index (κ2) is 10.6. The van der Waals surface area contributed by atoms with Crippen LogP contribution in [0.2, 0.25) is 5.28 Å². The molecule has 1 aromatic carbocycles. The van der Waals surface area contributed by atoms with Crippen molar-refractivity contribution in [2.24, 2.45) is 0 Å². The number of rotatable bonds is 5. The molecule has 0 aliphatic carbocycles. The second-order valence-electron chi connectivity index (χ2n) is 9.28. The Morgan fingerprint density at radius 3 is 2.70 bits per heavy atom. The van der Waals surface area contributed by atoms with Crippen molar-refractivity contribution in [2.75, 3.05) is 51.4 Å². The molecule has 0 saturated carbocycles. The molecule has 1 unspecified atom stereocenters. The Bertz CT molecular complexity index is 1160. The predicted molar refractivity (Wildman–Crippen MR) is 129 cm³/mol. The van der Waals surface area contributed by atoms with Crippen LogP contribution in [0.15, 0.2) is 18.2 Å². The van der Waals surface area contributed by atoms with Gasteiger partial charge >= 0.3 is 6.03 Å². The van der Waals surface area contributed by atoms with Gasteiger partial charge in [0.25, 0.3) is 5.92 Å². The summed E-state index contributed by atoms with van der Waals surface area (Å²) in [7, 11) is 0. The maximum Gasteiger partial charge on any atom is 0.320 e. The third-order valence-corrected chi connectivity index (χ3v) is 7.04. The molecule has 3 aliphatic heterocycles. The molecule has 200 valence electrons. The first kappa shape index (κ1) is 26.0. The highest BCUT2D eigenvalue weighted by Crippen LogP contribution is 2.38. The number of morpholine rings is 2. The smallest absolute Gasteiger partial charge is 0.320 e.